The van der Waals surface area contributed by atoms with Gasteiger partial charge >= 0.3 is 30.2 Å². The topological polar surface area (TPSA) is 0 Å². The molecule has 0 bridgehead atoms. The van der Waals surface area contributed by atoms with E-state index < -0.39 is 0 Å². The average Bonchev–Trinajstić information content (AvgIpc) is 3.06. The summed E-state index contributed by atoms with van der Waals surface area (Å²) < 4.78 is 0. The van der Waals surface area contributed by atoms with Crippen molar-refractivity contribution in [3.05, 3.63) is 96.5 Å². The van der Waals surface area contributed by atoms with Gasteiger partial charge in [-0.15, -0.1) is 36.1 Å². The molecule has 0 saturated carbocycles. The van der Waals surface area contributed by atoms with E-state index in [1.54, 1.807) is 0 Å². The fourth-order valence-electron chi connectivity index (χ4n) is 1.41. The number of fused-ring (bicyclic) bond motifs is 1. The van der Waals surface area contributed by atoms with Crippen LogP contribution in [-0.2, 0) is 23.3 Å². The van der Waals surface area contributed by atoms with Crippen molar-refractivity contribution in [3.63, 3.8) is 0 Å². The molecule has 0 nitrogen and oxygen atoms in total. The van der Waals surface area contributed by atoms with Crippen molar-refractivity contribution in [1.82, 2.24) is 0 Å². The zero-order valence-corrected chi connectivity index (χ0v) is 16.4. The first-order valence-electron chi connectivity index (χ1n) is 5.04. The van der Waals surface area contributed by atoms with E-state index in [1.165, 1.54) is 34.1 Å². The zero-order valence-electron chi connectivity index (χ0n) is 13.0. The standard InChI is InChI=1S/C9H7.C5H5.4CH3.Si.Zr/c1-2-5-9-7-3-6-8(9)4-1;1-2-4-5-3-1;;;;;;/h1-7H;1-3H,4H2;4*1H3;;/q6*-1;;. The molecule has 0 unspecified atom stereocenters. The molecule has 2 radical (unpaired) electrons. The molecule has 2 heteroatoms. The molecule has 3 rings (SSSR count). The van der Waals surface area contributed by atoms with E-state index in [9.17, 15) is 0 Å². The number of benzene rings is 1. The van der Waals surface area contributed by atoms with Crippen LogP contribution in [0, 0.1) is 35.8 Å². The summed E-state index contributed by atoms with van der Waals surface area (Å²) in [5.41, 5.74) is 0. The van der Waals surface area contributed by atoms with Crippen LogP contribution in [0.3, 0.4) is 0 Å². The van der Waals surface area contributed by atoms with Gasteiger partial charge in [0.05, 0.1) is 0 Å². The predicted octanol–water partition coefficient (Wildman–Crippen LogP) is 5.28. The van der Waals surface area contributed by atoms with Gasteiger partial charge in [0.2, 0.25) is 0 Å². The van der Waals surface area contributed by atoms with E-state index in [0.717, 1.165) is 6.42 Å². The third kappa shape index (κ3) is 10.2. The summed E-state index contributed by atoms with van der Waals surface area (Å²) >= 11 is 1.36. The molecule has 2 aromatic carbocycles. The molecule has 0 aromatic heterocycles. The Labute approximate surface area is 143 Å². The largest absolute Gasteiger partial charge is 0.168 e. The van der Waals surface area contributed by atoms with Crippen LogP contribution < -0.4 is 0 Å². The molecule has 0 fully saturated rings. The molecule has 0 amide bonds. The molecule has 0 heterocycles. The van der Waals surface area contributed by atoms with Crippen molar-refractivity contribution in [2.45, 2.75) is 6.42 Å². The Morgan fingerprint density at radius 1 is 1.00 bits per heavy atom. The predicted molar refractivity (Wildman–Crippen MR) is 92.5 cm³/mol. The SMILES string of the molecule is [C-]1=CC=CC1.[CH3-].[CH3-].[CH3-].[CH3-].[Si]=[Zr].c1ccc2[cH-]ccc2c1. The van der Waals surface area contributed by atoms with Crippen molar-refractivity contribution < 1.29 is 23.3 Å². The van der Waals surface area contributed by atoms with Gasteiger partial charge in [-0.05, 0) is 0 Å². The van der Waals surface area contributed by atoms with E-state index in [0.29, 0.717) is 0 Å². The molecule has 20 heavy (non-hydrogen) atoms. The third-order valence-electron chi connectivity index (χ3n) is 2.13. The Morgan fingerprint density at radius 3 is 2.10 bits per heavy atom. The molecule has 0 aliphatic heterocycles. The van der Waals surface area contributed by atoms with Crippen LogP contribution >= 0.6 is 0 Å². The zero-order chi connectivity index (χ0) is 11.6. The van der Waals surface area contributed by atoms with Crippen LogP contribution in [-0.4, -0.2) is 6.88 Å². The number of allylic oxidation sites excluding steroid dienone is 4. The summed E-state index contributed by atoms with van der Waals surface area (Å²) in [4.78, 5) is 0. The van der Waals surface area contributed by atoms with Gasteiger partial charge in [0.15, 0.2) is 0 Å². The molecule has 0 saturated heterocycles. The van der Waals surface area contributed by atoms with Crippen molar-refractivity contribution in [2.75, 3.05) is 0 Å². The van der Waals surface area contributed by atoms with E-state index in [2.05, 4.69) is 61.5 Å². The molecule has 1 aliphatic rings. The molecular formula is C18H24SiZr-6. The maximum atomic E-state index is 3.06. The number of rotatable bonds is 0. The first-order chi connectivity index (χ1) is 7.97. The van der Waals surface area contributed by atoms with Crippen LogP contribution in [0.1, 0.15) is 6.42 Å². The molecule has 2 aromatic rings. The summed E-state index contributed by atoms with van der Waals surface area (Å²) in [6, 6.07) is 14.7. The molecule has 0 N–H and O–H groups in total. The van der Waals surface area contributed by atoms with Crippen LogP contribution in [0.5, 0.6) is 0 Å². The first kappa shape index (κ1) is 27.7. The third-order valence-corrected chi connectivity index (χ3v) is 2.13. The summed E-state index contributed by atoms with van der Waals surface area (Å²) in [5, 5.41) is 2.66. The van der Waals surface area contributed by atoms with Crippen molar-refractivity contribution >= 4 is 17.7 Å². The molecule has 110 valence electrons. The Bertz CT molecular complexity index is 429. The molecule has 1 aliphatic carbocycles. The normalized spacial score (nSPS) is 9.15. The minimum absolute atomic E-state index is 0. The van der Waals surface area contributed by atoms with Crippen molar-refractivity contribution in [1.29, 1.82) is 0 Å². The van der Waals surface area contributed by atoms with E-state index in [-0.39, 0.29) is 29.7 Å². The van der Waals surface area contributed by atoms with Gasteiger partial charge in [0.25, 0.3) is 0 Å². The van der Waals surface area contributed by atoms with Gasteiger partial charge < -0.3 is 29.7 Å². The second-order valence-corrected chi connectivity index (χ2v) is 3.16. The van der Waals surface area contributed by atoms with E-state index in [1.807, 2.05) is 12.2 Å². The first-order valence-corrected chi connectivity index (χ1v) is 9.23. The summed E-state index contributed by atoms with van der Waals surface area (Å²) in [6.07, 6.45) is 10.0. The maximum absolute atomic E-state index is 3.06. The smallest absolute Gasteiger partial charge is 0.0809 e. The number of hydrogen-bond acceptors (Lipinski definition) is 0. The maximum Gasteiger partial charge on any atom is -0.0809 e. The fraction of sp³-hybridized carbons (Fsp3) is 0.0556. The van der Waals surface area contributed by atoms with Gasteiger partial charge in [0, 0.05) is 0 Å². The minimum Gasteiger partial charge on any atom is -0.168 e. The summed E-state index contributed by atoms with van der Waals surface area (Å²) in [5.74, 6) is 0. The summed E-state index contributed by atoms with van der Waals surface area (Å²) in [6.45, 7) is 3.06. The minimum atomic E-state index is 0. The van der Waals surface area contributed by atoms with Crippen molar-refractivity contribution in [3.8, 4) is 0 Å². The Morgan fingerprint density at radius 2 is 1.65 bits per heavy atom. The van der Waals surface area contributed by atoms with Crippen LogP contribution in [0.15, 0.2) is 60.7 Å². The Balaban J connectivity index is -0.000000104. The van der Waals surface area contributed by atoms with Crippen LogP contribution in [0.4, 0.5) is 0 Å². The number of hydrogen-bond donors (Lipinski definition) is 0. The van der Waals surface area contributed by atoms with Crippen LogP contribution in [0.2, 0.25) is 0 Å². The summed E-state index contributed by atoms with van der Waals surface area (Å²) in [7, 11) is 0. The van der Waals surface area contributed by atoms with Gasteiger partial charge in [-0.1, -0.05) is 6.07 Å². The van der Waals surface area contributed by atoms with Crippen LogP contribution in [0.25, 0.3) is 10.8 Å². The average molecular weight is 360 g/mol. The van der Waals surface area contributed by atoms with Gasteiger partial charge in [-0.3, -0.25) is 6.08 Å². The van der Waals surface area contributed by atoms with Gasteiger partial charge in [0.1, 0.15) is 0 Å². The quantitative estimate of drug-likeness (QED) is 0.443. The van der Waals surface area contributed by atoms with Gasteiger partial charge in [-0.2, -0.15) is 23.6 Å². The second kappa shape index (κ2) is 18.4. The van der Waals surface area contributed by atoms with Crippen molar-refractivity contribution in [2.24, 2.45) is 0 Å². The Hall–Kier alpha value is -0.590. The monoisotopic (exact) mass is 358 g/mol. The second-order valence-electron chi connectivity index (χ2n) is 3.16. The van der Waals surface area contributed by atoms with E-state index in [4.69, 9.17) is 0 Å². The Kier molecular flexibility index (Phi) is 25.5. The van der Waals surface area contributed by atoms with Gasteiger partial charge in [-0.25, -0.2) is 12.2 Å². The molecular weight excluding hydrogens is 336 g/mol. The fourth-order valence-corrected chi connectivity index (χ4v) is 1.41. The molecule has 0 spiro atoms. The molecule has 0 atom stereocenters. The van der Waals surface area contributed by atoms with E-state index >= 15 is 0 Å².